The van der Waals surface area contributed by atoms with E-state index in [0.717, 1.165) is 32.4 Å². The predicted octanol–water partition coefficient (Wildman–Crippen LogP) is 3.76. The highest BCUT2D eigenvalue weighted by Crippen LogP contribution is 2.32. The van der Waals surface area contributed by atoms with Crippen molar-refractivity contribution in [3.8, 4) is 0 Å². The van der Waals surface area contributed by atoms with Crippen LogP contribution in [0.25, 0.3) is 0 Å². The molecule has 0 radical (unpaired) electrons. The maximum absolute atomic E-state index is 6.90. The lowest BCUT2D eigenvalue weighted by Crippen LogP contribution is -2.56. The van der Waals surface area contributed by atoms with E-state index in [4.69, 9.17) is 5.73 Å². The third-order valence-corrected chi connectivity index (χ3v) is 4.21. The molecule has 2 nitrogen and oxygen atoms in total. The molecule has 0 heterocycles. The summed E-state index contributed by atoms with van der Waals surface area (Å²) in [5, 5.41) is 0. The van der Waals surface area contributed by atoms with Crippen LogP contribution in [-0.2, 0) is 5.54 Å². The van der Waals surface area contributed by atoms with E-state index in [0.29, 0.717) is 6.04 Å². The van der Waals surface area contributed by atoms with Crippen molar-refractivity contribution in [1.29, 1.82) is 0 Å². The third kappa shape index (κ3) is 3.58. The summed E-state index contributed by atoms with van der Waals surface area (Å²) in [6.07, 6.45) is 3.24. The molecule has 0 aliphatic carbocycles. The lowest BCUT2D eigenvalue weighted by Gasteiger charge is -2.43. The van der Waals surface area contributed by atoms with E-state index in [9.17, 15) is 0 Å². The number of rotatable bonds is 8. The molecule has 0 amide bonds. The van der Waals surface area contributed by atoms with Gasteiger partial charge in [-0.1, -0.05) is 64.4 Å². The zero-order chi connectivity index (χ0) is 14.3. The van der Waals surface area contributed by atoms with Crippen LogP contribution in [0.1, 0.15) is 52.5 Å². The van der Waals surface area contributed by atoms with Gasteiger partial charge >= 0.3 is 0 Å². The number of hydrogen-bond acceptors (Lipinski definition) is 2. The maximum atomic E-state index is 6.90. The molecule has 0 saturated heterocycles. The largest absolute Gasteiger partial charge is 0.320 e. The standard InChI is InChI=1S/C17H30N2/c1-5-14-17(18,15-12-10-9-11-13-15)16(6-2)19(7-3)8-4/h9-13,16H,5-8,14,18H2,1-4H3. The lowest BCUT2D eigenvalue weighted by atomic mass is 9.78. The minimum atomic E-state index is -0.239. The summed E-state index contributed by atoms with van der Waals surface area (Å²) in [5.41, 5.74) is 7.93. The molecule has 0 aliphatic heterocycles. The summed E-state index contributed by atoms with van der Waals surface area (Å²) in [7, 11) is 0. The van der Waals surface area contributed by atoms with Crippen molar-refractivity contribution in [3.05, 3.63) is 35.9 Å². The Morgan fingerprint density at radius 3 is 2.05 bits per heavy atom. The summed E-state index contributed by atoms with van der Waals surface area (Å²) < 4.78 is 0. The Kier molecular flexibility index (Phi) is 6.53. The minimum Gasteiger partial charge on any atom is -0.320 e. The minimum absolute atomic E-state index is 0.239. The summed E-state index contributed by atoms with van der Waals surface area (Å²) in [6, 6.07) is 11.0. The zero-order valence-electron chi connectivity index (χ0n) is 13.0. The molecular formula is C17H30N2. The van der Waals surface area contributed by atoms with Crippen LogP contribution in [0.5, 0.6) is 0 Å². The van der Waals surface area contributed by atoms with Gasteiger partial charge < -0.3 is 5.73 Å². The number of benzene rings is 1. The first-order valence-corrected chi connectivity index (χ1v) is 7.72. The normalized spacial score (nSPS) is 16.3. The molecule has 19 heavy (non-hydrogen) atoms. The van der Waals surface area contributed by atoms with Crippen LogP contribution < -0.4 is 5.73 Å². The first kappa shape index (κ1) is 16.2. The molecule has 0 aromatic heterocycles. The van der Waals surface area contributed by atoms with Gasteiger partial charge in [0.1, 0.15) is 0 Å². The monoisotopic (exact) mass is 262 g/mol. The van der Waals surface area contributed by atoms with Gasteiger partial charge in [0.25, 0.3) is 0 Å². The fraction of sp³-hybridized carbons (Fsp3) is 0.647. The number of nitrogens with zero attached hydrogens (tertiary/aromatic N) is 1. The van der Waals surface area contributed by atoms with E-state index >= 15 is 0 Å². The number of likely N-dealkylation sites (N-methyl/N-ethyl adjacent to an activating group) is 1. The Balaban J connectivity index is 3.15. The van der Waals surface area contributed by atoms with Gasteiger partial charge in [-0.15, -0.1) is 0 Å². The van der Waals surface area contributed by atoms with Gasteiger partial charge in [-0.25, -0.2) is 0 Å². The SMILES string of the molecule is CCCC(N)(c1ccccc1)C(CC)N(CC)CC. The molecule has 2 unspecified atom stereocenters. The van der Waals surface area contributed by atoms with Crippen molar-refractivity contribution in [3.63, 3.8) is 0 Å². The maximum Gasteiger partial charge on any atom is 0.0567 e. The highest BCUT2D eigenvalue weighted by molar-refractivity contribution is 5.26. The average Bonchev–Trinajstić information content (AvgIpc) is 2.45. The summed E-state index contributed by atoms with van der Waals surface area (Å²) in [5.74, 6) is 0. The second-order valence-electron chi connectivity index (χ2n) is 5.30. The average molecular weight is 262 g/mol. The van der Waals surface area contributed by atoms with Gasteiger partial charge in [0.2, 0.25) is 0 Å². The van der Waals surface area contributed by atoms with E-state index in [1.54, 1.807) is 0 Å². The van der Waals surface area contributed by atoms with Crippen LogP contribution in [0.2, 0.25) is 0 Å². The van der Waals surface area contributed by atoms with E-state index in [-0.39, 0.29) is 5.54 Å². The van der Waals surface area contributed by atoms with Gasteiger partial charge in [-0.05, 0) is 31.5 Å². The topological polar surface area (TPSA) is 29.3 Å². The molecule has 2 atom stereocenters. The Bertz CT molecular complexity index is 346. The third-order valence-electron chi connectivity index (χ3n) is 4.21. The summed E-state index contributed by atoms with van der Waals surface area (Å²) >= 11 is 0. The lowest BCUT2D eigenvalue weighted by molar-refractivity contribution is 0.117. The molecule has 1 aromatic carbocycles. The van der Waals surface area contributed by atoms with E-state index in [2.05, 4.69) is 62.9 Å². The van der Waals surface area contributed by atoms with E-state index < -0.39 is 0 Å². The smallest absolute Gasteiger partial charge is 0.0567 e. The van der Waals surface area contributed by atoms with Crippen molar-refractivity contribution in [2.45, 2.75) is 58.5 Å². The van der Waals surface area contributed by atoms with Crippen LogP contribution in [0, 0.1) is 0 Å². The molecular weight excluding hydrogens is 232 g/mol. The van der Waals surface area contributed by atoms with E-state index in [1.807, 2.05) is 0 Å². The molecule has 1 rings (SSSR count). The molecule has 108 valence electrons. The molecule has 2 N–H and O–H groups in total. The van der Waals surface area contributed by atoms with Crippen LogP contribution in [-0.4, -0.2) is 24.0 Å². The first-order valence-electron chi connectivity index (χ1n) is 7.72. The van der Waals surface area contributed by atoms with Crippen LogP contribution >= 0.6 is 0 Å². The molecule has 0 saturated carbocycles. The van der Waals surface area contributed by atoms with E-state index in [1.165, 1.54) is 5.56 Å². The van der Waals surface area contributed by atoms with Crippen molar-refractivity contribution in [2.24, 2.45) is 5.73 Å². The predicted molar refractivity (Wildman–Crippen MR) is 84.2 cm³/mol. The van der Waals surface area contributed by atoms with Crippen LogP contribution in [0.3, 0.4) is 0 Å². The highest BCUT2D eigenvalue weighted by Gasteiger charge is 2.37. The first-order chi connectivity index (χ1) is 9.13. The van der Waals surface area contributed by atoms with Crippen molar-refractivity contribution in [2.75, 3.05) is 13.1 Å². The van der Waals surface area contributed by atoms with Gasteiger partial charge in [-0.2, -0.15) is 0 Å². The van der Waals surface area contributed by atoms with Crippen LogP contribution in [0.4, 0.5) is 0 Å². The Morgan fingerprint density at radius 1 is 1.05 bits per heavy atom. The Morgan fingerprint density at radius 2 is 1.63 bits per heavy atom. The van der Waals surface area contributed by atoms with Gasteiger partial charge in [0.05, 0.1) is 5.54 Å². The number of nitrogens with two attached hydrogens (primary N) is 1. The van der Waals surface area contributed by atoms with Gasteiger partial charge in [0, 0.05) is 6.04 Å². The molecule has 0 fully saturated rings. The van der Waals surface area contributed by atoms with Crippen molar-refractivity contribution < 1.29 is 0 Å². The molecule has 0 spiro atoms. The summed E-state index contributed by atoms with van der Waals surface area (Å²) in [4.78, 5) is 2.50. The zero-order valence-corrected chi connectivity index (χ0v) is 13.0. The molecule has 1 aromatic rings. The second-order valence-corrected chi connectivity index (χ2v) is 5.30. The molecule has 0 bridgehead atoms. The quantitative estimate of drug-likeness (QED) is 0.773. The van der Waals surface area contributed by atoms with Crippen molar-refractivity contribution >= 4 is 0 Å². The van der Waals surface area contributed by atoms with Crippen LogP contribution in [0.15, 0.2) is 30.3 Å². The summed E-state index contributed by atoms with van der Waals surface area (Å²) in [6.45, 7) is 11.0. The van der Waals surface area contributed by atoms with Gasteiger partial charge in [-0.3, -0.25) is 4.90 Å². The van der Waals surface area contributed by atoms with Crippen molar-refractivity contribution in [1.82, 2.24) is 4.90 Å². The Hall–Kier alpha value is -0.860. The fourth-order valence-electron chi connectivity index (χ4n) is 3.28. The second kappa shape index (κ2) is 7.66. The molecule has 2 heteroatoms. The van der Waals surface area contributed by atoms with Gasteiger partial charge in [0.15, 0.2) is 0 Å². The Labute approximate surface area is 119 Å². The number of hydrogen-bond donors (Lipinski definition) is 1. The molecule has 0 aliphatic rings. The fourth-order valence-corrected chi connectivity index (χ4v) is 3.28. The highest BCUT2D eigenvalue weighted by atomic mass is 15.2.